The zero-order valence-electron chi connectivity index (χ0n) is 16.2. The first-order valence-corrected chi connectivity index (χ1v) is 8.69. The van der Waals surface area contributed by atoms with Gasteiger partial charge in [0.25, 0.3) is 0 Å². The SMILES string of the molecule is CC(C)C(N)C(=O)NC(C(=O)NC(C(=O)NC(CO)C(=O)O)C(C)O)C(C)O. The zero-order chi connectivity index (χ0) is 22.2. The number of carboxylic acids is 1. The van der Waals surface area contributed by atoms with Crippen molar-refractivity contribution in [2.75, 3.05) is 6.61 Å². The number of carboxylic acid groups (broad SMARTS) is 1. The van der Waals surface area contributed by atoms with Gasteiger partial charge in [-0.05, 0) is 19.8 Å². The van der Waals surface area contributed by atoms with Crippen LogP contribution in [0.2, 0.25) is 0 Å². The lowest BCUT2D eigenvalue weighted by Gasteiger charge is -2.27. The first kappa shape index (κ1) is 25.7. The van der Waals surface area contributed by atoms with Gasteiger partial charge in [0.15, 0.2) is 0 Å². The summed E-state index contributed by atoms with van der Waals surface area (Å²) in [5.74, 6) is -4.50. The Balaban J connectivity index is 5.29. The summed E-state index contributed by atoms with van der Waals surface area (Å²) in [6, 6.07) is -5.65. The van der Waals surface area contributed by atoms with Crippen molar-refractivity contribution < 1.29 is 39.6 Å². The number of carbonyl (C=O) groups excluding carboxylic acids is 3. The molecule has 0 aliphatic heterocycles. The van der Waals surface area contributed by atoms with E-state index in [2.05, 4.69) is 10.6 Å². The van der Waals surface area contributed by atoms with Crippen LogP contribution in [0, 0.1) is 5.92 Å². The lowest BCUT2D eigenvalue weighted by atomic mass is 10.0. The summed E-state index contributed by atoms with van der Waals surface area (Å²) < 4.78 is 0. The van der Waals surface area contributed by atoms with E-state index in [0.29, 0.717) is 0 Å². The minimum absolute atomic E-state index is 0.236. The monoisotopic (exact) mass is 406 g/mol. The molecule has 0 aromatic heterocycles. The van der Waals surface area contributed by atoms with Crippen molar-refractivity contribution in [1.82, 2.24) is 16.0 Å². The molecule has 28 heavy (non-hydrogen) atoms. The second-order valence-corrected chi connectivity index (χ2v) is 6.81. The van der Waals surface area contributed by atoms with Gasteiger partial charge < -0.3 is 42.1 Å². The van der Waals surface area contributed by atoms with Crippen molar-refractivity contribution in [3.05, 3.63) is 0 Å². The van der Waals surface area contributed by atoms with Gasteiger partial charge in [0.2, 0.25) is 17.7 Å². The summed E-state index contributed by atoms with van der Waals surface area (Å²) in [6.07, 6.45) is -2.80. The standard InChI is InChI=1S/C16H30N4O8/c1-6(2)10(17)13(24)19-12(8(4)23)15(26)20-11(7(3)22)14(25)18-9(5-21)16(27)28/h6-12,21-23H,5,17H2,1-4H3,(H,18,25)(H,19,24)(H,20,26)(H,27,28). The van der Waals surface area contributed by atoms with E-state index in [0.717, 1.165) is 0 Å². The second kappa shape index (κ2) is 11.5. The molecular formula is C16H30N4O8. The minimum atomic E-state index is -1.64. The topological polar surface area (TPSA) is 211 Å². The third kappa shape index (κ3) is 7.76. The molecule has 0 aromatic rings. The molecule has 0 aromatic carbocycles. The van der Waals surface area contributed by atoms with E-state index < -0.39 is 66.7 Å². The summed E-state index contributed by atoms with van der Waals surface area (Å²) >= 11 is 0. The lowest BCUT2D eigenvalue weighted by Crippen LogP contribution is -2.62. The number of amides is 3. The van der Waals surface area contributed by atoms with Gasteiger partial charge in [0, 0.05) is 0 Å². The molecule has 3 amide bonds. The quantitative estimate of drug-likeness (QED) is 0.169. The van der Waals surface area contributed by atoms with E-state index in [1.54, 1.807) is 13.8 Å². The molecule has 12 heteroatoms. The minimum Gasteiger partial charge on any atom is -0.480 e. The van der Waals surface area contributed by atoms with E-state index in [9.17, 15) is 29.4 Å². The highest BCUT2D eigenvalue weighted by atomic mass is 16.4. The molecule has 0 radical (unpaired) electrons. The Kier molecular flexibility index (Phi) is 10.6. The van der Waals surface area contributed by atoms with Crippen molar-refractivity contribution in [1.29, 1.82) is 0 Å². The molecule has 0 saturated carbocycles. The maximum absolute atomic E-state index is 12.4. The molecule has 162 valence electrons. The molecule has 9 N–H and O–H groups in total. The first-order valence-electron chi connectivity index (χ1n) is 8.69. The molecule has 0 spiro atoms. The van der Waals surface area contributed by atoms with Gasteiger partial charge in [-0.15, -0.1) is 0 Å². The smallest absolute Gasteiger partial charge is 0.328 e. The number of carbonyl (C=O) groups is 4. The molecule has 0 heterocycles. The molecular weight excluding hydrogens is 376 g/mol. The van der Waals surface area contributed by atoms with Crippen LogP contribution in [0.4, 0.5) is 0 Å². The number of aliphatic hydroxyl groups excluding tert-OH is 3. The second-order valence-electron chi connectivity index (χ2n) is 6.81. The summed E-state index contributed by atoms with van der Waals surface area (Å²) in [4.78, 5) is 47.6. The highest BCUT2D eigenvalue weighted by Gasteiger charge is 2.34. The van der Waals surface area contributed by atoms with Crippen LogP contribution in [-0.4, -0.2) is 87.1 Å². The van der Waals surface area contributed by atoms with Crippen LogP contribution in [-0.2, 0) is 19.2 Å². The Hall–Kier alpha value is -2.28. The Morgan fingerprint density at radius 3 is 1.54 bits per heavy atom. The molecule has 0 aliphatic rings. The third-order valence-electron chi connectivity index (χ3n) is 3.94. The average Bonchev–Trinajstić information content (AvgIpc) is 2.59. The van der Waals surface area contributed by atoms with Gasteiger partial charge in [0.1, 0.15) is 18.1 Å². The fourth-order valence-electron chi connectivity index (χ4n) is 2.05. The Morgan fingerprint density at radius 2 is 1.21 bits per heavy atom. The first-order chi connectivity index (χ1) is 12.8. The van der Waals surface area contributed by atoms with Crippen LogP contribution in [0.5, 0.6) is 0 Å². The van der Waals surface area contributed by atoms with Crippen LogP contribution in [0.25, 0.3) is 0 Å². The van der Waals surface area contributed by atoms with E-state index in [4.69, 9.17) is 15.9 Å². The fraction of sp³-hybridized carbons (Fsp3) is 0.750. The number of aliphatic hydroxyl groups is 3. The predicted octanol–water partition coefficient (Wildman–Crippen LogP) is -3.74. The van der Waals surface area contributed by atoms with Crippen molar-refractivity contribution in [2.45, 2.75) is 64.1 Å². The molecule has 12 nitrogen and oxygen atoms in total. The van der Waals surface area contributed by atoms with E-state index >= 15 is 0 Å². The molecule has 0 fully saturated rings. The molecule has 6 unspecified atom stereocenters. The summed E-state index contributed by atoms with van der Waals surface area (Å²) in [5.41, 5.74) is 5.70. The van der Waals surface area contributed by atoms with Gasteiger partial charge >= 0.3 is 5.97 Å². The van der Waals surface area contributed by atoms with Crippen LogP contribution in [0.3, 0.4) is 0 Å². The molecule has 0 aliphatic carbocycles. The van der Waals surface area contributed by atoms with E-state index in [1.807, 2.05) is 5.32 Å². The molecule has 0 saturated heterocycles. The summed E-state index contributed by atoms with van der Waals surface area (Å²) in [6.45, 7) is 4.88. The number of nitrogens with one attached hydrogen (secondary N) is 3. The normalized spacial score (nSPS) is 17.6. The number of hydrogen-bond donors (Lipinski definition) is 8. The van der Waals surface area contributed by atoms with Crippen LogP contribution < -0.4 is 21.7 Å². The van der Waals surface area contributed by atoms with Crippen LogP contribution >= 0.6 is 0 Å². The van der Waals surface area contributed by atoms with Gasteiger partial charge in [-0.1, -0.05) is 13.8 Å². The van der Waals surface area contributed by atoms with Crippen molar-refractivity contribution in [3.8, 4) is 0 Å². The average molecular weight is 406 g/mol. The Labute approximate surface area is 162 Å². The fourth-order valence-corrected chi connectivity index (χ4v) is 2.05. The Morgan fingerprint density at radius 1 is 0.821 bits per heavy atom. The lowest BCUT2D eigenvalue weighted by molar-refractivity contribution is -0.144. The maximum atomic E-state index is 12.4. The van der Waals surface area contributed by atoms with Crippen LogP contribution in [0.1, 0.15) is 27.7 Å². The van der Waals surface area contributed by atoms with Crippen molar-refractivity contribution in [2.24, 2.45) is 11.7 Å². The number of aliphatic carboxylic acids is 1. The summed E-state index contributed by atoms with van der Waals surface area (Å²) in [5, 5.41) is 43.8. The highest BCUT2D eigenvalue weighted by molar-refractivity contribution is 5.94. The van der Waals surface area contributed by atoms with Gasteiger partial charge in [-0.25, -0.2) is 4.79 Å². The maximum Gasteiger partial charge on any atom is 0.328 e. The number of nitrogens with two attached hydrogens (primary N) is 1. The molecule has 0 rings (SSSR count). The molecule has 6 atom stereocenters. The Bertz CT molecular complexity index is 567. The van der Waals surface area contributed by atoms with Gasteiger partial charge in [-0.2, -0.15) is 0 Å². The predicted molar refractivity (Wildman–Crippen MR) is 96.7 cm³/mol. The highest BCUT2D eigenvalue weighted by Crippen LogP contribution is 2.03. The van der Waals surface area contributed by atoms with E-state index in [1.165, 1.54) is 13.8 Å². The summed E-state index contributed by atoms with van der Waals surface area (Å²) in [7, 11) is 0. The van der Waals surface area contributed by atoms with Crippen molar-refractivity contribution in [3.63, 3.8) is 0 Å². The van der Waals surface area contributed by atoms with Crippen molar-refractivity contribution >= 4 is 23.7 Å². The third-order valence-corrected chi connectivity index (χ3v) is 3.94. The zero-order valence-corrected chi connectivity index (χ0v) is 16.2. The van der Waals surface area contributed by atoms with E-state index in [-0.39, 0.29) is 5.92 Å². The largest absolute Gasteiger partial charge is 0.480 e. The van der Waals surface area contributed by atoms with Gasteiger partial charge in [0.05, 0.1) is 24.9 Å². The molecule has 0 bridgehead atoms. The number of rotatable bonds is 11. The van der Waals surface area contributed by atoms with Gasteiger partial charge in [-0.3, -0.25) is 14.4 Å². The number of hydrogen-bond acceptors (Lipinski definition) is 8. The van der Waals surface area contributed by atoms with Crippen LogP contribution in [0.15, 0.2) is 0 Å².